The van der Waals surface area contributed by atoms with Crippen LogP contribution in [0.2, 0.25) is 0 Å². The number of carbonyl (C=O) groups is 1. The van der Waals surface area contributed by atoms with Crippen molar-refractivity contribution < 1.29 is 32.9 Å². The second-order valence-electron chi connectivity index (χ2n) is 10.3. The summed E-state index contributed by atoms with van der Waals surface area (Å²) in [7, 11) is 1.60. The third kappa shape index (κ3) is 8.11. The van der Waals surface area contributed by atoms with Gasteiger partial charge < -0.3 is 19.8 Å². The molecule has 0 amide bonds. The fraction of sp³-hybridized carbons (Fsp3) is 0.467. The Morgan fingerprint density at radius 3 is 2.62 bits per heavy atom. The average molecular weight is 577 g/mol. The van der Waals surface area contributed by atoms with Gasteiger partial charge in [-0.05, 0) is 98.2 Å². The van der Waals surface area contributed by atoms with E-state index >= 15 is 0 Å². The van der Waals surface area contributed by atoms with Crippen LogP contribution in [-0.4, -0.2) is 58.6 Å². The predicted octanol–water partition coefficient (Wildman–Crippen LogP) is 6.67. The quantitative estimate of drug-likeness (QED) is 0.233. The van der Waals surface area contributed by atoms with Gasteiger partial charge in [-0.15, -0.1) is 11.8 Å². The first-order chi connectivity index (χ1) is 19.1. The van der Waals surface area contributed by atoms with Gasteiger partial charge >= 0.3 is 12.1 Å². The summed E-state index contributed by atoms with van der Waals surface area (Å²) in [4.78, 5) is 18.8. The summed E-state index contributed by atoms with van der Waals surface area (Å²) >= 11 is 1.52. The first-order valence-electron chi connectivity index (χ1n) is 13.5. The average Bonchev–Trinajstić information content (AvgIpc) is 2.94. The minimum absolute atomic E-state index is 0.104. The molecule has 0 saturated carbocycles. The molecule has 1 fully saturated rings. The number of carboxylic acid groups (broad SMARTS) is 1. The molecular formula is C30H35F3N2O4S. The van der Waals surface area contributed by atoms with E-state index < -0.39 is 23.8 Å². The van der Waals surface area contributed by atoms with Crippen molar-refractivity contribution in [1.82, 2.24) is 9.88 Å². The lowest BCUT2D eigenvalue weighted by Gasteiger charge is -2.39. The van der Waals surface area contributed by atoms with Crippen LogP contribution in [0.3, 0.4) is 0 Å². The van der Waals surface area contributed by atoms with E-state index in [0.717, 1.165) is 71.7 Å². The smallest absolute Gasteiger partial charge is 0.416 e. The topological polar surface area (TPSA) is 82.9 Å². The number of pyridine rings is 1. The molecule has 2 aromatic carbocycles. The van der Waals surface area contributed by atoms with Gasteiger partial charge in [-0.2, -0.15) is 13.2 Å². The SMILES string of the molecule is COc1ccc2nccc([C@@H](O)CCC3CCN(CCSc4ccc(C(F)(F)F)cc4)CC3CCC(=O)O)c2c1. The summed E-state index contributed by atoms with van der Waals surface area (Å²) in [5.74, 6) is 1.12. The molecule has 3 atom stereocenters. The molecule has 0 spiro atoms. The van der Waals surface area contributed by atoms with Gasteiger partial charge in [0.2, 0.25) is 0 Å². The number of aliphatic hydroxyl groups is 1. The highest BCUT2D eigenvalue weighted by molar-refractivity contribution is 7.99. The number of thioether (sulfide) groups is 1. The van der Waals surface area contributed by atoms with Gasteiger partial charge in [-0.3, -0.25) is 9.78 Å². The van der Waals surface area contributed by atoms with Gasteiger partial charge in [-0.1, -0.05) is 0 Å². The van der Waals surface area contributed by atoms with Crippen molar-refractivity contribution in [2.75, 3.05) is 32.5 Å². The minimum atomic E-state index is -4.34. The van der Waals surface area contributed by atoms with Gasteiger partial charge in [0.15, 0.2) is 0 Å². The third-order valence-corrected chi connectivity index (χ3v) is 8.71. The largest absolute Gasteiger partial charge is 0.497 e. The van der Waals surface area contributed by atoms with E-state index in [2.05, 4.69) is 9.88 Å². The number of rotatable bonds is 12. The van der Waals surface area contributed by atoms with Crippen LogP contribution in [0.1, 0.15) is 49.3 Å². The summed E-state index contributed by atoms with van der Waals surface area (Å²) < 4.78 is 43.7. The zero-order valence-electron chi connectivity index (χ0n) is 22.4. The van der Waals surface area contributed by atoms with Gasteiger partial charge in [0, 0.05) is 41.7 Å². The second kappa shape index (κ2) is 13.7. The van der Waals surface area contributed by atoms with Crippen LogP contribution in [0, 0.1) is 11.8 Å². The number of likely N-dealkylation sites (tertiary alicyclic amines) is 1. The summed E-state index contributed by atoms with van der Waals surface area (Å²) in [5, 5.41) is 21.3. The second-order valence-corrected chi connectivity index (χ2v) is 11.5. The lowest BCUT2D eigenvalue weighted by atomic mass is 9.79. The van der Waals surface area contributed by atoms with E-state index in [1.807, 2.05) is 24.3 Å². The first kappa shape index (κ1) is 30.1. The summed E-state index contributed by atoms with van der Waals surface area (Å²) in [6.45, 7) is 2.42. The van der Waals surface area contributed by atoms with Crippen molar-refractivity contribution in [1.29, 1.82) is 0 Å². The van der Waals surface area contributed by atoms with Crippen molar-refractivity contribution in [3.8, 4) is 5.75 Å². The number of fused-ring (bicyclic) bond motifs is 1. The zero-order chi connectivity index (χ0) is 28.7. The molecule has 0 aliphatic carbocycles. The number of hydrogen-bond acceptors (Lipinski definition) is 6. The normalized spacial score (nSPS) is 19.0. The Morgan fingerprint density at radius 2 is 1.93 bits per heavy atom. The van der Waals surface area contributed by atoms with Crippen molar-refractivity contribution in [2.24, 2.45) is 11.8 Å². The van der Waals surface area contributed by atoms with Crippen LogP contribution in [0.25, 0.3) is 10.9 Å². The molecule has 3 aromatic rings. The van der Waals surface area contributed by atoms with Gasteiger partial charge in [0.05, 0.1) is 24.3 Å². The Balaban J connectivity index is 1.33. The fourth-order valence-electron chi connectivity index (χ4n) is 5.50. The summed E-state index contributed by atoms with van der Waals surface area (Å²) in [6, 6.07) is 12.7. The lowest BCUT2D eigenvalue weighted by Crippen LogP contribution is -2.41. The lowest BCUT2D eigenvalue weighted by molar-refractivity contribution is -0.138. The maximum Gasteiger partial charge on any atom is 0.416 e. The van der Waals surface area contributed by atoms with Gasteiger partial charge in [0.25, 0.3) is 0 Å². The fourth-order valence-corrected chi connectivity index (χ4v) is 6.41. The number of aromatic nitrogens is 1. The number of aliphatic hydroxyl groups excluding tert-OH is 1. The van der Waals surface area contributed by atoms with E-state index in [0.29, 0.717) is 24.5 Å². The number of halogens is 3. The number of nitrogens with zero attached hydrogens (tertiary/aromatic N) is 2. The van der Waals surface area contributed by atoms with Gasteiger partial charge in [-0.25, -0.2) is 0 Å². The molecule has 1 aliphatic rings. The number of ether oxygens (including phenoxy) is 1. The van der Waals surface area contributed by atoms with E-state index in [1.54, 1.807) is 13.3 Å². The molecule has 0 bridgehead atoms. The minimum Gasteiger partial charge on any atom is -0.497 e. The predicted molar refractivity (Wildman–Crippen MR) is 150 cm³/mol. The molecule has 1 aromatic heterocycles. The zero-order valence-corrected chi connectivity index (χ0v) is 23.3. The molecule has 6 nitrogen and oxygen atoms in total. The molecule has 2 unspecified atom stereocenters. The Bertz CT molecular complexity index is 1270. The molecule has 0 radical (unpaired) electrons. The van der Waals surface area contributed by atoms with Crippen molar-refractivity contribution in [3.05, 3.63) is 65.9 Å². The van der Waals surface area contributed by atoms with E-state index in [-0.39, 0.29) is 12.3 Å². The standard InChI is InChI=1S/C30H35F3N2O4S/c1-39-23-6-9-27-26(18-23)25(12-14-34-27)28(36)10-2-20-13-15-35(19-21(20)3-11-29(37)38)16-17-40-24-7-4-22(5-8-24)30(31,32)33/h4-9,12,14,18,20-21,28,36H,2-3,10-11,13,15-17,19H2,1H3,(H,37,38)/t20?,21?,28-/m0/s1. The molecule has 1 aliphatic heterocycles. The van der Waals surface area contributed by atoms with Gasteiger partial charge in [0.1, 0.15) is 5.75 Å². The Hall–Kier alpha value is -2.82. The van der Waals surface area contributed by atoms with Crippen LogP contribution in [0.15, 0.2) is 59.6 Å². The van der Waals surface area contributed by atoms with Crippen molar-refractivity contribution >= 4 is 28.6 Å². The number of aliphatic carboxylic acids is 1. The molecule has 1 saturated heterocycles. The highest BCUT2D eigenvalue weighted by atomic mass is 32.2. The molecule has 216 valence electrons. The first-order valence-corrected chi connectivity index (χ1v) is 14.5. The Morgan fingerprint density at radius 1 is 1.15 bits per heavy atom. The van der Waals surface area contributed by atoms with Crippen LogP contribution < -0.4 is 4.74 Å². The summed E-state index contributed by atoms with van der Waals surface area (Å²) in [6.07, 6.45) is -0.371. The summed E-state index contributed by atoms with van der Waals surface area (Å²) in [5.41, 5.74) is 0.949. The van der Waals surface area contributed by atoms with Crippen molar-refractivity contribution in [2.45, 2.75) is 49.3 Å². The van der Waals surface area contributed by atoms with Crippen LogP contribution in [-0.2, 0) is 11.0 Å². The Labute approximate surface area is 236 Å². The monoisotopic (exact) mass is 576 g/mol. The van der Waals surface area contributed by atoms with Crippen LogP contribution in [0.4, 0.5) is 13.2 Å². The highest BCUT2D eigenvalue weighted by Gasteiger charge is 2.31. The third-order valence-electron chi connectivity index (χ3n) is 7.71. The molecule has 2 N–H and O–H groups in total. The van der Waals surface area contributed by atoms with E-state index in [9.17, 15) is 28.2 Å². The van der Waals surface area contributed by atoms with E-state index in [1.165, 1.54) is 23.9 Å². The maximum absolute atomic E-state index is 12.8. The van der Waals surface area contributed by atoms with Crippen molar-refractivity contribution in [3.63, 3.8) is 0 Å². The molecule has 10 heteroatoms. The number of alkyl halides is 3. The molecular weight excluding hydrogens is 541 g/mol. The van der Waals surface area contributed by atoms with Crippen LogP contribution in [0.5, 0.6) is 5.75 Å². The Kier molecular flexibility index (Phi) is 10.3. The molecule has 4 rings (SSSR count). The number of methoxy groups -OCH3 is 1. The number of carboxylic acids is 1. The number of piperidine rings is 1. The maximum atomic E-state index is 12.8. The number of benzene rings is 2. The van der Waals surface area contributed by atoms with E-state index in [4.69, 9.17) is 4.74 Å². The highest BCUT2D eigenvalue weighted by Crippen LogP contribution is 2.36. The molecule has 2 heterocycles. The number of hydrogen-bond donors (Lipinski definition) is 2. The van der Waals surface area contributed by atoms with Crippen LogP contribution >= 0.6 is 11.8 Å². The molecule has 40 heavy (non-hydrogen) atoms.